The Morgan fingerprint density at radius 3 is 2.69 bits per heavy atom. The molecule has 2 heterocycles. The fourth-order valence-corrected chi connectivity index (χ4v) is 3.38. The van der Waals surface area contributed by atoms with Gasteiger partial charge in [0.15, 0.2) is 0 Å². The van der Waals surface area contributed by atoms with Crippen LogP contribution in [-0.4, -0.2) is 25.3 Å². The van der Waals surface area contributed by atoms with Crippen molar-refractivity contribution in [2.75, 3.05) is 19.7 Å². The lowest BCUT2D eigenvalue weighted by atomic mass is 9.72. The van der Waals surface area contributed by atoms with E-state index in [0.29, 0.717) is 5.60 Å². The second-order valence-electron chi connectivity index (χ2n) is 5.62. The van der Waals surface area contributed by atoms with Crippen LogP contribution in [0, 0.1) is 0 Å². The molecule has 2 nitrogen and oxygen atoms in total. The van der Waals surface area contributed by atoms with Crippen LogP contribution in [-0.2, 0) is 4.74 Å². The molecule has 1 N–H and O–H groups in total. The smallest absolute Gasteiger partial charge is 0.0719 e. The molecule has 2 aliphatic heterocycles. The first kappa shape index (κ1) is 10.8. The Morgan fingerprint density at radius 1 is 0.938 bits per heavy atom. The first-order valence-electron chi connectivity index (χ1n) is 6.92. The van der Waals surface area contributed by atoms with Gasteiger partial charge in [0.2, 0.25) is 0 Å². The van der Waals surface area contributed by atoms with E-state index in [0.717, 1.165) is 6.61 Å². The summed E-state index contributed by atoms with van der Waals surface area (Å²) in [7, 11) is 0. The van der Waals surface area contributed by atoms with E-state index in [1.54, 1.807) is 11.1 Å². The summed E-state index contributed by atoms with van der Waals surface area (Å²) in [5, 5.41) is 3.50. The largest absolute Gasteiger partial charge is 0.374 e. The van der Waals surface area contributed by atoms with Gasteiger partial charge in [-0.15, -0.1) is 0 Å². The summed E-state index contributed by atoms with van der Waals surface area (Å²) < 4.78 is 6.00. The molecule has 0 aromatic rings. The number of hydrogen-bond acceptors (Lipinski definition) is 2. The minimum Gasteiger partial charge on any atom is -0.374 e. The van der Waals surface area contributed by atoms with Gasteiger partial charge in [0.05, 0.1) is 12.2 Å². The zero-order valence-electron chi connectivity index (χ0n) is 10.2. The summed E-state index contributed by atoms with van der Waals surface area (Å²) in [5.41, 5.74) is 3.81. The molecule has 3 aliphatic rings. The van der Waals surface area contributed by atoms with E-state index in [2.05, 4.69) is 5.32 Å². The minimum atomic E-state index is 0.292. The highest BCUT2D eigenvalue weighted by Crippen LogP contribution is 2.45. The summed E-state index contributed by atoms with van der Waals surface area (Å²) in [6.45, 7) is 3.37. The maximum atomic E-state index is 6.00. The quantitative estimate of drug-likeness (QED) is 0.635. The molecule has 0 unspecified atom stereocenters. The van der Waals surface area contributed by atoms with Crippen LogP contribution in [0.2, 0.25) is 0 Å². The van der Waals surface area contributed by atoms with Crippen molar-refractivity contribution < 1.29 is 4.74 Å². The molecule has 0 bridgehead atoms. The minimum absolute atomic E-state index is 0.292. The van der Waals surface area contributed by atoms with E-state index in [4.69, 9.17) is 4.74 Å². The van der Waals surface area contributed by atoms with Gasteiger partial charge >= 0.3 is 0 Å². The van der Waals surface area contributed by atoms with Gasteiger partial charge < -0.3 is 10.1 Å². The molecule has 0 amide bonds. The average Bonchev–Trinajstić information content (AvgIpc) is 2.56. The molecule has 16 heavy (non-hydrogen) atoms. The van der Waals surface area contributed by atoms with Crippen molar-refractivity contribution in [1.82, 2.24) is 5.32 Å². The summed E-state index contributed by atoms with van der Waals surface area (Å²) >= 11 is 0. The standard InChI is InChI=1S/C14H23NO/c1-3-12(4-9-15-8-1)13-5-10-16-14(11-13)6-2-7-14/h15H,1-11H2. The average molecular weight is 221 g/mol. The molecule has 2 saturated heterocycles. The highest BCUT2D eigenvalue weighted by molar-refractivity contribution is 5.21. The summed E-state index contributed by atoms with van der Waals surface area (Å²) in [5.74, 6) is 0. The van der Waals surface area contributed by atoms with Gasteiger partial charge in [-0.3, -0.25) is 0 Å². The lowest BCUT2D eigenvalue weighted by molar-refractivity contribution is -0.113. The lowest BCUT2D eigenvalue weighted by Crippen LogP contribution is -2.43. The van der Waals surface area contributed by atoms with E-state index < -0.39 is 0 Å². The van der Waals surface area contributed by atoms with Gasteiger partial charge in [0.1, 0.15) is 0 Å². The Labute approximate surface area is 98.4 Å². The van der Waals surface area contributed by atoms with Crippen LogP contribution < -0.4 is 5.32 Å². The van der Waals surface area contributed by atoms with Crippen molar-refractivity contribution in [2.45, 2.75) is 57.0 Å². The fraction of sp³-hybridized carbons (Fsp3) is 0.857. The third-order valence-corrected chi connectivity index (χ3v) is 4.55. The molecule has 90 valence electrons. The fourth-order valence-electron chi connectivity index (χ4n) is 3.38. The van der Waals surface area contributed by atoms with E-state index >= 15 is 0 Å². The molecular formula is C14H23NO. The van der Waals surface area contributed by atoms with Gasteiger partial charge in [-0.05, 0) is 64.5 Å². The van der Waals surface area contributed by atoms with Crippen LogP contribution in [0.15, 0.2) is 11.1 Å². The van der Waals surface area contributed by atoms with Crippen LogP contribution >= 0.6 is 0 Å². The predicted molar refractivity (Wildman–Crippen MR) is 65.5 cm³/mol. The van der Waals surface area contributed by atoms with Crippen molar-refractivity contribution in [3.05, 3.63) is 11.1 Å². The van der Waals surface area contributed by atoms with Crippen LogP contribution in [0.5, 0.6) is 0 Å². The molecule has 1 saturated carbocycles. The van der Waals surface area contributed by atoms with Gasteiger partial charge in [-0.25, -0.2) is 0 Å². The summed E-state index contributed by atoms with van der Waals surface area (Å²) in [4.78, 5) is 0. The van der Waals surface area contributed by atoms with Crippen LogP contribution in [0.3, 0.4) is 0 Å². The van der Waals surface area contributed by atoms with Crippen molar-refractivity contribution in [2.24, 2.45) is 0 Å². The van der Waals surface area contributed by atoms with E-state index in [1.165, 1.54) is 64.5 Å². The third-order valence-electron chi connectivity index (χ3n) is 4.55. The molecule has 0 aromatic heterocycles. The monoisotopic (exact) mass is 221 g/mol. The van der Waals surface area contributed by atoms with Crippen LogP contribution in [0.4, 0.5) is 0 Å². The molecule has 0 aromatic carbocycles. The Morgan fingerprint density at radius 2 is 1.88 bits per heavy atom. The van der Waals surface area contributed by atoms with E-state index in [9.17, 15) is 0 Å². The second kappa shape index (κ2) is 4.50. The first-order chi connectivity index (χ1) is 7.88. The summed E-state index contributed by atoms with van der Waals surface area (Å²) in [6, 6.07) is 0. The Balaban J connectivity index is 1.73. The number of ether oxygens (including phenoxy) is 1. The Kier molecular flexibility index (Phi) is 3.03. The molecule has 2 heteroatoms. The van der Waals surface area contributed by atoms with Crippen molar-refractivity contribution >= 4 is 0 Å². The molecular weight excluding hydrogens is 198 g/mol. The maximum Gasteiger partial charge on any atom is 0.0719 e. The lowest BCUT2D eigenvalue weighted by Gasteiger charge is -2.46. The maximum absolute atomic E-state index is 6.00. The zero-order chi connectivity index (χ0) is 10.8. The Bertz CT molecular complexity index is 281. The van der Waals surface area contributed by atoms with E-state index in [1.807, 2.05) is 0 Å². The summed E-state index contributed by atoms with van der Waals surface area (Å²) in [6.07, 6.45) is 10.4. The number of nitrogens with one attached hydrogen (secondary N) is 1. The van der Waals surface area contributed by atoms with Crippen molar-refractivity contribution in [3.8, 4) is 0 Å². The van der Waals surface area contributed by atoms with Gasteiger partial charge in [0, 0.05) is 0 Å². The highest BCUT2D eigenvalue weighted by atomic mass is 16.5. The molecule has 0 radical (unpaired) electrons. The van der Waals surface area contributed by atoms with Gasteiger partial charge in [0.25, 0.3) is 0 Å². The zero-order valence-corrected chi connectivity index (χ0v) is 10.2. The first-order valence-corrected chi connectivity index (χ1v) is 6.92. The SMILES string of the molecule is C1CNCCC(=C2CCOC3(CCC3)C2)C1. The van der Waals surface area contributed by atoms with E-state index in [-0.39, 0.29) is 0 Å². The number of rotatable bonds is 0. The van der Waals surface area contributed by atoms with Crippen LogP contribution in [0.1, 0.15) is 51.4 Å². The van der Waals surface area contributed by atoms with Gasteiger partial charge in [-0.2, -0.15) is 0 Å². The molecule has 3 rings (SSSR count). The molecule has 1 spiro atoms. The Hall–Kier alpha value is -0.340. The normalized spacial score (nSPS) is 34.5. The molecule has 1 aliphatic carbocycles. The predicted octanol–water partition coefficient (Wildman–Crippen LogP) is 2.79. The van der Waals surface area contributed by atoms with Crippen molar-refractivity contribution in [3.63, 3.8) is 0 Å². The number of hydrogen-bond donors (Lipinski definition) is 1. The topological polar surface area (TPSA) is 21.3 Å². The van der Waals surface area contributed by atoms with Gasteiger partial charge in [-0.1, -0.05) is 11.1 Å². The van der Waals surface area contributed by atoms with Crippen molar-refractivity contribution in [1.29, 1.82) is 0 Å². The molecule has 3 fully saturated rings. The second-order valence-corrected chi connectivity index (χ2v) is 5.62. The highest BCUT2D eigenvalue weighted by Gasteiger charge is 2.41. The third kappa shape index (κ3) is 2.05. The van der Waals surface area contributed by atoms with Crippen LogP contribution in [0.25, 0.3) is 0 Å². The molecule has 0 atom stereocenters.